The van der Waals surface area contributed by atoms with Crippen LogP contribution in [0.3, 0.4) is 0 Å². The van der Waals surface area contributed by atoms with Crippen LogP contribution in [0.1, 0.15) is 20.7 Å². The smallest absolute Gasteiger partial charge is 0.340 e. The van der Waals surface area contributed by atoms with Crippen molar-refractivity contribution in [1.29, 1.82) is 0 Å². The van der Waals surface area contributed by atoms with Crippen molar-refractivity contribution < 1.29 is 19.8 Å². The van der Waals surface area contributed by atoms with Crippen molar-refractivity contribution in [3.05, 3.63) is 83.9 Å². The molecule has 0 aromatic heterocycles. The number of carbonyl (C=O) groups excluding carboxylic acids is 1. The zero-order valence-electron chi connectivity index (χ0n) is 16.3. The molecule has 154 valence electrons. The number of para-hydroxylation sites is 1. The largest absolute Gasteiger partial charge is 0.506 e. The molecule has 7 N–H and O–H groups in total. The van der Waals surface area contributed by atoms with Crippen LogP contribution < -0.4 is 16.8 Å². The molecular formula is C24H19N3O4. The quantitative estimate of drug-likeness (QED) is 0.316. The van der Waals surface area contributed by atoms with E-state index in [2.05, 4.69) is 5.32 Å². The highest BCUT2D eigenvalue weighted by Crippen LogP contribution is 2.39. The Hall–Kier alpha value is -4.52. The molecule has 4 rings (SSSR count). The van der Waals surface area contributed by atoms with Crippen molar-refractivity contribution >= 4 is 39.7 Å². The summed E-state index contributed by atoms with van der Waals surface area (Å²) in [4.78, 5) is 24.8. The lowest BCUT2D eigenvalue weighted by molar-refractivity contribution is 0.0696. The van der Waals surface area contributed by atoms with E-state index >= 15 is 0 Å². The fourth-order valence-electron chi connectivity index (χ4n) is 3.56. The van der Waals surface area contributed by atoms with Crippen LogP contribution in [0.15, 0.2) is 72.8 Å². The third-order valence-corrected chi connectivity index (χ3v) is 5.01. The van der Waals surface area contributed by atoms with Crippen molar-refractivity contribution in [3.8, 4) is 16.9 Å². The fourth-order valence-corrected chi connectivity index (χ4v) is 3.56. The van der Waals surface area contributed by atoms with Gasteiger partial charge < -0.3 is 27.0 Å². The van der Waals surface area contributed by atoms with Crippen LogP contribution in [-0.2, 0) is 0 Å². The Morgan fingerprint density at radius 2 is 1.48 bits per heavy atom. The first-order valence-electron chi connectivity index (χ1n) is 9.40. The first-order valence-corrected chi connectivity index (χ1v) is 9.40. The highest BCUT2D eigenvalue weighted by molar-refractivity contribution is 6.20. The summed E-state index contributed by atoms with van der Waals surface area (Å²) in [6, 6.07) is 20.8. The van der Waals surface area contributed by atoms with Gasteiger partial charge in [-0.25, -0.2) is 4.79 Å². The molecule has 0 aliphatic heterocycles. The molecule has 0 aliphatic carbocycles. The number of phenols is 1. The Morgan fingerprint density at radius 3 is 2.16 bits per heavy atom. The Morgan fingerprint density at radius 1 is 0.774 bits per heavy atom. The maximum atomic E-state index is 12.9. The lowest BCUT2D eigenvalue weighted by Gasteiger charge is -2.16. The fraction of sp³-hybridized carbons (Fsp3) is 0. The Bertz CT molecular complexity index is 1330. The van der Waals surface area contributed by atoms with Crippen LogP contribution in [0, 0.1) is 0 Å². The number of nitrogens with two attached hydrogens (primary N) is 2. The molecule has 0 unspecified atom stereocenters. The van der Waals surface area contributed by atoms with E-state index in [0.29, 0.717) is 16.8 Å². The Labute approximate surface area is 177 Å². The molecule has 0 bridgehead atoms. The molecule has 0 heterocycles. The lowest BCUT2D eigenvalue weighted by atomic mass is 9.93. The molecule has 0 atom stereocenters. The summed E-state index contributed by atoms with van der Waals surface area (Å²) in [6.07, 6.45) is 0. The predicted molar refractivity (Wildman–Crippen MR) is 121 cm³/mol. The minimum absolute atomic E-state index is 0.0170. The minimum atomic E-state index is -1.37. The number of carbonyl (C=O) groups is 2. The van der Waals surface area contributed by atoms with Crippen LogP contribution in [0.25, 0.3) is 21.9 Å². The molecule has 31 heavy (non-hydrogen) atoms. The van der Waals surface area contributed by atoms with Crippen molar-refractivity contribution in [1.82, 2.24) is 0 Å². The maximum absolute atomic E-state index is 12.9. The summed E-state index contributed by atoms with van der Waals surface area (Å²) in [7, 11) is 0. The van der Waals surface area contributed by atoms with Crippen molar-refractivity contribution in [2.45, 2.75) is 0 Å². The van der Waals surface area contributed by atoms with Gasteiger partial charge in [0.25, 0.3) is 5.91 Å². The van der Waals surface area contributed by atoms with Crippen LogP contribution >= 0.6 is 0 Å². The van der Waals surface area contributed by atoms with E-state index in [1.165, 1.54) is 0 Å². The molecule has 0 saturated heterocycles. The summed E-state index contributed by atoms with van der Waals surface area (Å²) in [5.41, 5.74) is 14.1. The number of anilines is 3. The molecule has 4 aromatic carbocycles. The van der Waals surface area contributed by atoms with E-state index in [9.17, 15) is 19.8 Å². The average Bonchev–Trinajstić information content (AvgIpc) is 2.74. The first-order chi connectivity index (χ1) is 14.9. The second-order valence-corrected chi connectivity index (χ2v) is 7.02. The van der Waals surface area contributed by atoms with Gasteiger partial charge in [-0.2, -0.15) is 0 Å². The number of fused-ring (bicyclic) bond motifs is 1. The predicted octanol–water partition coefficient (Wildman–Crippen LogP) is 4.33. The number of hydrogen-bond acceptors (Lipinski definition) is 5. The van der Waals surface area contributed by atoms with Gasteiger partial charge >= 0.3 is 5.97 Å². The van der Waals surface area contributed by atoms with Gasteiger partial charge in [-0.1, -0.05) is 42.5 Å². The SMILES string of the molecule is Nc1cccc(-c2ccc3c(C(=O)O)c(O)c(C(=O)Nc4ccccc4)c(N)c3c2)c1. The third kappa shape index (κ3) is 3.60. The number of carboxylic acids is 1. The number of amides is 1. The van der Waals surface area contributed by atoms with Gasteiger partial charge in [0.05, 0.1) is 5.69 Å². The Balaban J connectivity index is 1.93. The second kappa shape index (κ2) is 7.72. The summed E-state index contributed by atoms with van der Waals surface area (Å²) in [6.45, 7) is 0. The molecule has 7 heteroatoms. The normalized spacial score (nSPS) is 10.7. The lowest BCUT2D eigenvalue weighted by Crippen LogP contribution is -2.16. The highest BCUT2D eigenvalue weighted by atomic mass is 16.4. The number of nitrogen functional groups attached to an aromatic ring is 2. The number of nitrogens with one attached hydrogen (secondary N) is 1. The molecule has 0 spiro atoms. The van der Waals surface area contributed by atoms with E-state index < -0.39 is 17.6 Å². The summed E-state index contributed by atoms with van der Waals surface area (Å²) in [5, 5.41) is 23.6. The van der Waals surface area contributed by atoms with Crippen molar-refractivity contribution in [2.75, 3.05) is 16.8 Å². The third-order valence-electron chi connectivity index (χ3n) is 5.01. The first kappa shape index (κ1) is 19.8. The van der Waals surface area contributed by atoms with Crippen molar-refractivity contribution in [2.24, 2.45) is 0 Å². The number of benzene rings is 4. The number of aromatic hydroxyl groups is 1. The molecule has 0 saturated carbocycles. The Kier molecular flexibility index (Phi) is 4.92. The van der Waals surface area contributed by atoms with Crippen LogP contribution in [0.4, 0.5) is 17.1 Å². The van der Waals surface area contributed by atoms with Crippen LogP contribution in [-0.4, -0.2) is 22.1 Å². The van der Waals surface area contributed by atoms with Crippen molar-refractivity contribution in [3.63, 3.8) is 0 Å². The van der Waals surface area contributed by atoms with E-state index in [0.717, 1.165) is 11.1 Å². The molecule has 0 aliphatic rings. The van der Waals surface area contributed by atoms with E-state index in [1.807, 2.05) is 6.07 Å². The number of rotatable bonds is 4. The summed E-state index contributed by atoms with van der Waals surface area (Å²) < 4.78 is 0. The van der Waals surface area contributed by atoms with E-state index in [1.54, 1.807) is 66.7 Å². The van der Waals surface area contributed by atoms with Crippen LogP contribution in [0.2, 0.25) is 0 Å². The van der Waals surface area contributed by atoms with E-state index in [4.69, 9.17) is 11.5 Å². The van der Waals surface area contributed by atoms with Gasteiger partial charge in [0.1, 0.15) is 16.9 Å². The molecule has 4 aromatic rings. The molecular weight excluding hydrogens is 394 g/mol. The monoisotopic (exact) mass is 413 g/mol. The minimum Gasteiger partial charge on any atom is -0.506 e. The summed E-state index contributed by atoms with van der Waals surface area (Å²) >= 11 is 0. The van der Waals surface area contributed by atoms with Gasteiger partial charge in [-0.15, -0.1) is 0 Å². The molecule has 7 nitrogen and oxygen atoms in total. The highest BCUT2D eigenvalue weighted by Gasteiger charge is 2.26. The number of aromatic carboxylic acids is 1. The summed E-state index contributed by atoms with van der Waals surface area (Å²) in [5.74, 6) is -2.75. The zero-order chi connectivity index (χ0) is 22.1. The number of carboxylic acid groups (broad SMARTS) is 1. The van der Waals surface area contributed by atoms with Gasteiger partial charge in [0.2, 0.25) is 0 Å². The van der Waals surface area contributed by atoms with E-state index in [-0.39, 0.29) is 22.2 Å². The van der Waals surface area contributed by atoms with Gasteiger partial charge in [0.15, 0.2) is 0 Å². The standard InChI is InChI=1S/C24H19N3O4/c25-15-6-4-5-13(11-15)14-9-10-17-18(12-14)21(26)20(22(28)19(17)24(30)31)23(29)27-16-7-2-1-3-8-16/h1-12,28H,25-26H2,(H,27,29)(H,30,31). The maximum Gasteiger partial charge on any atom is 0.340 e. The van der Waals surface area contributed by atoms with Gasteiger partial charge in [-0.05, 0) is 41.5 Å². The number of hydrogen-bond donors (Lipinski definition) is 5. The topological polar surface area (TPSA) is 139 Å². The molecule has 1 amide bonds. The zero-order valence-corrected chi connectivity index (χ0v) is 16.3. The van der Waals surface area contributed by atoms with Crippen LogP contribution in [0.5, 0.6) is 5.75 Å². The van der Waals surface area contributed by atoms with Gasteiger partial charge in [-0.3, -0.25) is 4.79 Å². The van der Waals surface area contributed by atoms with Gasteiger partial charge in [0, 0.05) is 22.1 Å². The second-order valence-electron chi connectivity index (χ2n) is 7.02. The molecule has 0 radical (unpaired) electrons. The molecule has 0 fully saturated rings. The average molecular weight is 413 g/mol.